The van der Waals surface area contributed by atoms with Crippen LogP contribution in [0.3, 0.4) is 0 Å². The van der Waals surface area contributed by atoms with Crippen molar-refractivity contribution in [1.29, 1.82) is 0 Å². The fourth-order valence-corrected chi connectivity index (χ4v) is 3.03. The third-order valence-electron chi connectivity index (χ3n) is 4.35. The molecule has 0 heterocycles. The second-order valence-corrected chi connectivity index (χ2v) is 6.28. The highest BCUT2D eigenvalue weighted by molar-refractivity contribution is 5.95. The Morgan fingerprint density at radius 2 is 1.32 bits per heavy atom. The standard InChI is InChI=1S/C22H22N2O4/c1-2-28-22(27)18-14-19(23-15-9-5-3-6-10-15)17(21(25)26)13-20(18)24-16-11-7-4-8-12-16/h3-12,23-24H,2,13-14H2,1H3,(H,25,26). The number of carboxylic acids is 1. The van der Waals surface area contributed by atoms with Crippen molar-refractivity contribution in [2.24, 2.45) is 0 Å². The molecule has 0 saturated carbocycles. The van der Waals surface area contributed by atoms with E-state index in [0.717, 1.165) is 11.4 Å². The lowest BCUT2D eigenvalue weighted by Crippen LogP contribution is -2.24. The van der Waals surface area contributed by atoms with Crippen molar-refractivity contribution in [1.82, 2.24) is 0 Å². The maximum Gasteiger partial charge on any atom is 0.336 e. The number of carbonyl (C=O) groups is 2. The van der Waals surface area contributed by atoms with Crippen molar-refractivity contribution >= 4 is 23.3 Å². The molecule has 0 saturated heterocycles. The molecular formula is C22H22N2O4. The maximum atomic E-state index is 12.6. The third kappa shape index (κ3) is 4.59. The van der Waals surface area contributed by atoms with E-state index in [9.17, 15) is 14.7 Å². The zero-order chi connectivity index (χ0) is 19.9. The molecule has 28 heavy (non-hydrogen) atoms. The molecule has 0 atom stereocenters. The minimum Gasteiger partial charge on any atom is -0.478 e. The Labute approximate surface area is 163 Å². The number of benzene rings is 2. The summed E-state index contributed by atoms with van der Waals surface area (Å²) < 4.78 is 5.21. The van der Waals surface area contributed by atoms with Crippen LogP contribution in [-0.2, 0) is 14.3 Å². The lowest BCUT2D eigenvalue weighted by molar-refractivity contribution is -0.139. The lowest BCUT2D eigenvalue weighted by Gasteiger charge is -2.25. The summed E-state index contributed by atoms with van der Waals surface area (Å²) in [7, 11) is 0. The normalized spacial score (nSPS) is 13.9. The van der Waals surface area contributed by atoms with Crippen LogP contribution in [0.5, 0.6) is 0 Å². The number of allylic oxidation sites excluding steroid dienone is 2. The molecule has 0 fully saturated rings. The zero-order valence-corrected chi connectivity index (χ0v) is 15.6. The number of rotatable bonds is 7. The number of carbonyl (C=O) groups excluding carboxylic acids is 1. The van der Waals surface area contributed by atoms with Gasteiger partial charge in [0.2, 0.25) is 0 Å². The van der Waals surface area contributed by atoms with E-state index in [2.05, 4.69) is 10.6 Å². The number of ether oxygens (including phenoxy) is 1. The van der Waals surface area contributed by atoms with Crippen LogP contribution in [-0.4, -0.2) is 23.7 Å². The van der Waals surface area contributed by atoms with Crippen LogP contribution in [0, 0.1) is 0 Å². The van der Waals surface area contributed by atoms with Gasteiger partial charge in [-0.05, 0) is 31.2 Å². The fraction of sp³-hybridized carbons (Fsp3) is 0.182. The molecule has 0 aliphatic heterocycles. The SMILES string of the molecule is CCOC(=O)C1=C(Nc2ccccc2)CC(C(=O)O)=C(Nc2ccccc2)C1. The molecule has 6 heteroatoms. The number of esters is 1. The minimum atomic E-state index is -1.02. The van der Waals surface area contributed by atoms with Crippen LogP contribution in [0.4, 0.5) is 11.4 Å². The van der Waals surface area contributed by atoms with Gasteiger partial charge < -0.3 is 20.5 Å². The Bertz CT molecular complexity index is 918. The van der Waals surface area contributed by atoms with E-state index in [1.807, 2.05) is 60.7 Å². The molecule has 144 valence electrons. The average Bonchev–Trinajstić information content (AvgIpc) is 2.70. The van der Waals surface area contributed by atoms with Gasteiger partial charge in [-0.25, -0.2) is 9.59 Å². The molecule has 0 bridgehead atoms. The van der Waals surface area contributed by atoms with E-state index >= 15 is 0 Å². The monoisotopic (exact) mass is 378 g/mol. The molecule has 0 aromatic heterocycles. The molecule has 0 spiro atoms. The average molecular weight is 378 g/mol. The quantitative estimate of drug-likeness (QED) is 0.627. The van der Waals surface area contributed by atoms with Gasteiger partial charge in [-0.15, -0.1) is 0 Å². The predicted octanol–water partition coefficient (Wildman–Crippen LogP) is 4.16. The van der Waals surface area contributed by atoms with Crippen LogP contribution in [0.15, 0.2) is 83.2 Å². The smallest absolute Gasteiger partial charge is 0.336 e. The maximum absolute atomic E-state index is 12.6. The van der Waals surface area contributed by atoms with Crippen molar-refractivity contribution < 1.29 is 19.4 Å². The molecule has 2 aromatic rings. The van der Waals surface area contributed by atoms with Gasteiger partial charge in [0.1, 0.15) is 0 Å². The number of hydrogen-bond acceptors (Lipinski definition) is 5. The summed E-state index contributed by atoms with van der Waals surface area (Å²) in [6.07, 6.45) is 0.234. The van der Waals surface area contributed by atoms with E-state index in [-0.39, 0.29) is 25.0 Å². The summed E-state index contributed by atoms with van der Waals surface area (Å²) in [6, 6.07) is 18.6. The highest BCUT2D eigenvalue weighted by atomic mass is 16.5. The number of carboxylic acid groups (broad SMARTS) is 1. The van der Waals surface area contributed by atoms with Crippen molar-refractivity contribution in [3.05, 3.63) is 83.2 Å². The second kappa shape index (κ2) is 8.90. The molecule has 0 radical (unpaired) electrons. The van der Waals surface area contributed by atoms with E-state index in [4.69, 9.17) is 4.74 Å². The molecule has 3 N–H and O–H groups in total. The van der Waals surface area contributed by atoms with Crippen molar-refractivity contribution in [2.45, 2.75) is 19.8 Å². The van der Waals surface area contributed by atoms with Gasteiger partial charge in [0, 0.05) is 35.6 Å². The van der Waals surface area contributed by atoms with Crippen LogP contribution in [0.2, 0.25) is 0 Å². The van der Waals surface area contributed by atoms with Crippen molar-refractivity contribution in [3.63, 3.8) is 0 Å². The largest absolute Gasteiger partial charge is 0.478 e. The first-order valence-electron chi connectivity index (χ1n) is 9.07. The second-order valence-electron chi connectivity index (χ2n) is 6.28. The van der Waals surface area contributed by atoms with Gasteiger partial charge >= 0.3 is 11.9 Å². The molecule has 1 aliphatic carbocycles. The van der Waals surface area contributed by atoms with E-state index in [0.29, 0.717) is 17.0 Å². The Hall–Kier alpha value is -3.54. The topological polar surface area (TPSA) is 87.7 Å². The van der Waals surface area contributed by atoms with Crippen molar-refractivity contribution in [2.75, 3.05) is 17.2 Å². The number of anilines is 2. The summed E-state index contributed by atoms with van der Waals surface area (Å²) in [4.78, 5) is 24.4. The molecular weight excluding hydrogens is 356 g/mol. The van der Waals surface area contributed by atoms with Gasteiger partial charge in [-0.1, -0.05) is 36.4 Å². The van der Waals surface area contributed by atoms with E-state index in [1.165, 1.54) is 0 Å². The van der Waals surface area contributed by atoms with Crippen LogP contribution in [0.25, 0.3) is 0 Å². The Morgan fingerprint density at radius 1 is 0.857 bits per heavy atom. The highest BCUT2D eigenvalue weighted by Gasteiger charge is 2.29. The van der Waals surface area contributed by atoms with Gasteiger partial charge in [0.05, 0.1) is 17.8 Å². The zero-order valence-electron chi connectivity index (χ0n) is 15.6. The fourth-order valence-electron chi connectivity index (χ4n) is 3.03. The number of nitrogens with one attached hydrogen (secondary N) is 2. The highest BCUT2D eigenvalue weighted by Crippen LogP contribution is 2.32. The number of para-hydroxylation sites is 2. The van der Waals surface area contributed by atoms with Crippen LogP contribution >= 0.6 is 0 Å². The Morgan fingerprint density at radius 3 is 1.79 bits per heavy atom. The summed E-state index contributed by atoms with van der Waals surface area (Å²) in [5, 5.41) is 16.1. The molecule has 6 nitrogen and oxygen atoms in total. The molecule has 3 rings (SSSR count). The third-order valence-corrected chi connectivity index (χ3v) is 4.35. The van der Waals surface area contributed by atoms with Crippen molar-refractivity contribution in [3.8, 4) is 0 Å². The summed E-state index contributed by atoms with van der Waals surface area (Å²) >= 11 is 0. The van der Waals surface area contributed by atoms with Crippen LogP contribution in [0.1, 0.15) is 19.8 Å². The van der Waals surface area contributed by atoms with Gasteiger partial charge in [0.15, 0.2) is 0 Å². The van der Waals surface area contributed by atoms with Gasteiger partial charge in [0.25, 0.3) is 0 Å². The van der Waals surface area contributed by atoms with Crippen LogP contribution < -0.4 is 10.6 Å². The molecule has 1 aliphatic rings. The van der Waals surface area contributed by atoms with E-state index < -0.39 is 11.9 Å². The molecule has 0 amide bonds. The lowest BCUT2D eigenvalue weighted by atomic mass is 9.92. The minimum absolute atomic E-state index is 0.0908. The summed E-state index contributed by atoms with van der Waals surface area (Å²) in [6.45, 7) is 1.99. The predicted molar refractivity (Wildman–Crippen MR) is 108 cm³/mol. The molecule has 0 unspecified atom stereocenters. The number of aliphatic carboxylic acids is 1. The van der Waals surface area contributed by atoms with Gasteiger partial charge in [-0.2, -0.15) is 0 Å². The first-order valence-corrected chi connectivity index (χ1v) is 9.07. The number of hydrogen-bond donors (Lipinski definition) is 3. The first-order chi connectivity index (χ1) is 13.6. The Balaban J connectivity index is 1.95. The molecule has 2 aromatic carbocycles. The Kier molecular flexibility index (Phi) is 6.11. The van der Waals surface area contributed by atoms with E-state index in [1.54, 1.807) is 6.92 Å². The summed E-state index contributed by atoms with van der Waals surface area (Å²) in [5.74, 6) is -1.47. The first kappa shape index (κ1) is 19.2. The van der Waals surface area contributed by atoms with Gasteiger partial charge in [-0.3, -0.25) is 0 Å². The summed E-state index contributed by atoms with van der Waals surface area (Å²) in [5.41, 5.74) is 3.22.